The lowest BCUT2D eigenvalue weighted by Crippen LogP contribution is -2.42. The van der Waals surface area contributed by atoms with Crippen molar-refractivity contribution in [1.82, 2.24) is 0 Å². The lowest BCUT2D eigenvalue weighted by atomic mass is 9.69. The number of hydrogen-bond donors (Lipinski definition) is 2. The normalized spacial score (nSPS) is 20.1. The Morgan fingerprint density at radius 3 is 2.55 bits per heavy atom. The highest BCUT2D eigenvalue weighted by Crippen LogP contribution is 2.47. The molecule has 0 bridgehead atoms. The maximum Gasteiger partial charge on any atom is 0.318 e. The third kappa shape index (κ3) is 2.23. The van der Waals surface area contributed by atoms with Crippen LogP contribution in [0.25, 0.3) is 0 Å². The fraction of sp³-hybridized carbons (Fsp3) is 0.188. The van der Waals surface area contributed by atoms with Crippen LogP contribution in [0.3, 0.4) is 0 Å². The van der Waals surface area contributed by atoms with E-state index in [4.69, 9.17) is 23.2 Å². The van der Waals surface area contributed by atoms with E-state index in [1.54, 1.807) is 6.07 Å². The van der Waals surface area contributed by atoms with Crippen LogP contribution < -0.4 is 5.32 Å². The highest BCUT2D eigenvalue weighted by atomic mass is 35.5. The van der Waals surface area contributed by atoms with Gasteiger partial charge >= 0.3 is 5.97 Å². The second-order valence-corrected chi connectivity index (χ2v) is 6.05. The van der Waals surface area contributed by atoms with Crippen LogP contribution in [0.5, 0.6) is 0 Å². The minimum atomic E-state index is -1.32. The SMILES string of the molecule is O=C(O)C1(c2ccc(F)cc2)CCNc2cc(Cl)cc(Cl)c21. The molecule has 2 aromatic rings. The number of benzene rings is 2. The first kappa shape index (κ1) is 15.1. The Morgan fingerprint density at radius 1 is 1.23 bits per heavy atom. The summed E-state index contributed by atoms with van der Waals surface area (Å²) >= 11 is 12.3. The molecule has 2 aromatic carbocycles. The molecule has 0 aromatic heterocycles. The number of nitrogens with one attached hydrogen (secondary N) is 1. The highest BCUT2D eigenvalue weighted by molar-refractivity contribution is 6.36. The van der Waals surface area contributed by atoms with Crippen molar-refractivity contribution in [3.63, 3.8) is 0 Å². The van der Waals surface area contributed by atoms with Crippen molar-refractivity contribution < 1.29 is 14.3 Å². The van der Waals surface area contributed by atoms with Gasteiger partial charge in [0, 0.05) is 27.8 Å². The first-order chi connectivity index (χ1) is 10.4. The van der Waals surface area contributed by atoms with E-state index in [9.17, 15) is 14.3 Å². The van der Waals surface area contributed by atoms with Crippen molar-refractivity contribution in [3.05, 3.63) is 63.4 Å². The summed E-state index contributed by atoms with van der Waals surface area (Å²) in [5, 5.41) is 13.8. The zero-order valence-electron chi connectivity index (χ0n) is 11.4. The van der Waals surface area contributed by atoms with Gasteiger partial charge in [-0.15, -0.1) is 0 Å². The standard InChI is InChI=1S/C16H12Cl2FNO2/c17-10-7-12(18)14-13(8-10)20-6-5-16(14,15(21)22)9-1-3-11(19)4-2-9/h1-4,7-8,20H,5-6H2,(H,21,22). The third-order valence-corrected chi connectivity index (χ3v) is 4.52. The van der Waals surface area contributed by atoms with Gasteiger partial charge in [-0.2, -0.15) is 0 Å². The van der Waals surface area contributed by atoms with Gasteiger partial charge in [0.25, 0.3) is 0 Å². The Bertz CT molecular complexity index is 749. The Hall–Kier alpha value is -1.78. The van der Waals surface area contributed by atoms with Gasteiger partial charge in [-0.1, -0.05) is 35.3 Å². The largest absolute Gasteiger partial charge is 0.480 e. The molecule has 0 radical (unpaired) electrons. The van der Waals surface area contributed by atoms with Gasteiger partial charge in [-0.05, 0) is 36.2 Å². The summed E-state index contributed by atoms with van der Waals surface area (Å²) in [5.74, 6) is -1.44. The van der Waals surface area contributed by atoms with E-state index in [1.165, 1.54) is 30.3 Å². The molecule has 22 heavy (non-hydrogen) atoms. The predicted octanol–water partition coefficient (Wildman–Crippen LogP) is 4.32. The van der Waals surface area contributed by atoms with Crippen LogP contribution in [0.2, 0.25) is 10.0 Å². The first-order valence-corrected chi connectivity index (χ1v) is 7.43. The summed E-state index contributed by atoms with van der Waals surface area (Å²) in [6, 6.07) is 8.67. The lowest BCUT2D eigenvalue weighted by Gasteiger charge is -2.37. The number of hydrogen-bond acceptors (Lipinski definition) is 2. The minimum absolute atomic E-state index is 0.279. The van der Waals surface area contributed by atoms with E-state index < -0.39 is 17.2 Å². The zero-order chi connectivity index (χ0) is 15.9. The van der Waals surface area contributed by atoms with Crippen molar-refractivity contribution in [2.45, 2.75) is 11.8 Å². The summed E-state index contributed by atoms with van der Waals surface area (Å²) in [7, 11) is 0. The quantitative estimate of drug-likeness (QED) is 0.856. The number of carboxylic acids is 1. The molecule has 3 rings (SSSR count). The summed E-state index contributed by atoms with van der Waals surface area (Å²) in [6.07, 6.45) is 0.308. The van der Waals surface area contributed by atoms with Gasteiger partial charge in [0.2, 0.25) is 0 Å². The topological polar surface area (TPSA) is 49.3 Å². The molecule has 1 unspecified atom stereocenters. The Labute approximate surface area is 136 Å². The van der Waals surface area contributed by atoms with Gasteiger partial charge < -0.3 is 10.4 Å². The van der Waals surface area contributed by atoms with Crippen LogP contribution in [-0.4, -0.2) is 17.6 Å². The average molecular weight is 340 g/mol. The summed E-state index contributed by atoms with van der Waals surface area (Å²) in [6.45, 7) is 0.452. The fourth-order valence-corrected chi connectivity index (χ4v) is 3.67. The molecule has 1 heterocycles. The summed E-state index contributed by atoms with van der Waals surface area (Å²) < 4.78 is 13.2. The Morgan fingerprint density at radius 2 is 1.91 bits per heavy atom. The summed E-state index contributed by atoms with van der Waals surface area (Å²) in [4.78, 5) is 12.1. The van der Waals surface area contributed by atoms with E-state index in [2.05, 4.69) is 5.32 Å². The first-order valence-electron chi connectivity index (χ1n) is 6.68. The maximum atomic E-state index is 13.2. The second kappa shape index (κ2) is 5.45. The highest BCUT2D eigenvalue weighted by Gasteiger charge is 2.47. The van der Waals surface area contributed by atoms with Crippen LogP contribution in [0, 0.1) is 5.82 Å². The van der Waals surface area contributed by atoms with E-state index in [0.717, 1.165) is 0 Å². The molecule has 0 fully saturated rings. The van der Waals surface area contributed by atoms with E-state index in [0.29, 0.717) is 34.8 Å². The van der Waals surface area contributed by atoms with Crippen LogP contribution in [-0.2, 0) is 10.2 Å². The molecule has 0 saturated heterocycles. The van der Waals surface area contributed by atoms with Crippen molar-refractivity contribution in [2.24, 2.45) is 0 Å². The predicted molar refractivity (Wildman–Crippen MR) is 84.4 cm³/mol. The molecule has 3 nitrogen and oxygen atoms in total. The van der Waals surface area contributed by atoms with Crippen molar-refractivity contribution in [1.29, 1.82) is 0 Å². The number of rotatable bonds is 2. The molecule has 1 aliphatic rings. The maximum absolute atomic E-state index is 13.2. The van der Waals surface area contributed by atoms with Crippen molar-refractivity contribution in [3.8, 4) is 0 Å². The van der Waals surface area contributed by atoms with E-state index in [-0.39, 0.29) is 5.02 Å². The van der Waals surface area contributed by atoms with Gasteiger partial charge in [0.1, 0.15) is 11.2 Å². The number of halogens is 3. The van der Waals surface area contributed by atoms with E-state index in [1.807, 2.05) is 0 Å². The molecule has 1 aliphatic heterocycles. The van der Waals surface area contributed by atoms with Crippen LogP contribution in [0.1, 0.15) is 17.5 Å². The van der Waals surface area contributed by atoms with Gasteiger partial charge in [-0.25, -0.2) is 4.39 Å². The van der Waals surface area contributed by atoms with Crippen LogP contribution >= 0.6 is 23.2 Å². The van der Waals surface area contributed by atoms with E-state index >= 15 is 0 Å². The van der Waals surface area contributed by atoms with Gasteiger partial charge in [-0.3, -0.25) is 4.79 Å². The Kier molecular flexibility index (Phi) is 3.75. The molecular formula is C16H12Cl2FNO2. The molecule has 0 amide bonds. The minimum Gasteiger partial charge on any atom is -0.480 e. The number of fused-ring (bicyclic) bond motifs is 1. The third-order valence-electron chi connectivity index (χ3n) is 4.00. The van der Waals surface area contributed by atoms with Crippen LogP contribution in [0.4, 0.5) is 10.1 Å². The Balaban J connectivity index is 2.31. The van der Waals surface area contributed by atoms with Gasteiger partial charge in [0.15, 0.2) is 0 Å². The molecule has 2 N–H and O–H groups in total. The number of aliphatic carboxylic acids is 1. The molecule has 114 valence electrons. The lowest BCUT2D eigenvalue weighted by molar-refractivity contribution is -0.142. The number of carbonyl (C=O) groups is 1. The fourth-order valence-electron chi connectivity index (χ4n) is 3.02. The average Bonchev–Trinajstić information content (AvgIpc) is 2.46. The molecule has 1 atom stereocenters. The molecule has 0 saturated carbocycles. The van der Waals surface area contributed by atoms with Crippen molar-refractivity contribution in [2.75, 3.05) is 11.9 Å². The summed E-state index contributed by atoms with van der Waals surface area (Å²) in [5.41, 5.74) is 0.225. The smallest absolute Gasteiger partial charge is 0.318 e. The zero-order valence-corrected chi connectivity index (χ0v) is 12.9. The molecule has 0 aliphatic carbocycles. The number of anilines is 1. The molecule has 0 spiro atoms. The number of carboxylic acid groups (broad SMARTS) is 1. The second-order valence-electron chi connectivity index (χ2n) is 5.20. The van der Waals surface area contributed by atoms with Crippen molar-refractivity contribution >= 4 is 34.9 Å². The van der Waals surface area contributed by atoms with Crippen LogP contribution in [0.15, 0.2) is 36.4 Å². The van der Waals surface area contributed by atoms with Gasteiger partial charge in [0.05, 0.1) is 0 Å². The molecular weight excluding hydrogens is 328 g/mol. The monoisotopic (exact) mass is 339 g/mol. The molecule has 6 heteroatoms.